The van der Waals surface area contributed by atoms with Gasteiger partial charge in [-0.1, -0.05) is 0 Å². The van der Waals surface area contributed by atoms with Gasteiger partial charge in [0.15, 0.2) is 0 Å². The molecule has 0 unspecified atom stereocenters. The van der Waals surface area contributed by atoms with Crippen LogP contribution in [0.15, 0.2) is 33.5 Å². The molecular formula is C15H15NO8S. The topological polar surface area (TPSA) is 158 Å². The molecule has 134 valence electrons. The fourth-order valence-corrected chi connectivity index (χ4v) is 2.94. The van der Waals surface area contributed by atoms with Crippen molar-refractivity contribution < 1.29 is 31.4 Å². The van der Waals surface area contributed by atoms with Crippen molar-refractivity contribution in [1.29, 1.82) is 0 Å². The van der Waals surface area contributed by atoms with Crippen LogP contribution >= 0.6 is 0 Å². The van der Waals surface area contributed by atoms with Crippen molar-refractivity contribution in [3.05, 3.63) is 40.2 Å². The number of phenolic OH excluding ortho intramolecular Hbond substituents is 1. The molecule has 0 spiro atoms. The van der Waals surface area contributed by atoms with Crippen LogP contribution in [-0.4, -0.2) is 25.2 Å². The molecule has 0 fully saturated rings. The fraction of sp³-hybridized carbons (Fsp3) is 0.133. The molecule has 9 nitrogen and oxygen atoms in total. The van der Waals surface area contributed by atoms with E-state index in [1.165, 1.54) is 19.2 Å². The minimum Gasteiger partial charge on any atom is -0.507 e. The number of rotatable bonds is 3. The predicted octanol–water partition coefficient (Wildman–Crippen LogP) is 2.31. The van der Waals surface area contributed by atoms with E-state index in [0.717, 1.165) is 6.07 Å². The highest BCUT2D eigenvalue weighted by atomic mass is 32.3. The van der Waals surface area contributed by atoms with Crippen molar-refractivity contribution in [2.24, 2.45) is 0 Å². The molecule has 3 aromatic rings. The van der Waals surface area contributed by atoms with Crippen molar-refractivity contribution >= 4 is 32.1 Å². The van der Waals surface area contributed by atoms with E-state index in [9.17, 15) is 18.3 Å². The molecule has 3 rings (SSSR count). The van der Waals surface area contributed by atoms with E-state index in [-0.39, 0.29) is 28.6 Å². The number of ether oxygens (including phenoxy) is 1. The van der Waals surface area contributed by atoms with E-state index in [0.29, 0.717) is 22.1 Å². The van der Waals surface area contributed by atoms with E-state index in [1.54, 1.807) is 13.0 Å². The van der Waals surface area contributed by atoms with Gasteiger partial charge in [0, 0.05) is 22.9 Å². The number of phenols is 1. The van der Waals surface area contributed by atoms with Crippen LogP contribution in [0.2, 0.25) is 0 Å². The van der Waals surface area contributed by atoms with Crippen LogP contribution in [0.25, 0.3) is 21.7 Å². The predicted molar refractivity (Wildman–Crippen MR) is 90.1 cm³/mol. The fourth-order valence-electron chi connectivity index (χ4n) is 2.60. The molecule has 0 amide bonds. The summed E-state index contributed by atoms with van der Waals surface area (Å²) in [5.41, 5.74) is -0.257. The van der Waals surface area contributed by atoms with E-state index < -0.39 is 16.0 Å². The first kappa shape index (κ1) is 18.5. The smallest absolute Gasteiger partial charge is 0.446 e. The van der Waals surface area contributed by atoms with Gasteiger partial charge in [-0.25, -0.2) is 4.79 Å². The second-order valence-corrected chi connectivity index (χ2v) is 6.11. The number of hydrogen-bond donors (Lipinski definition) is 3. The number of benzene rings is 2. The summed E-state index contributed by atoms with van der Waals surface area (Å²) in [5, 5.41) is 10.9. The summed E-state index contributed by atoms with van der Waals surface area (Å²) in [7, 11) is -3.30. The van der Waals surface area contributed by atoms with E-state index in [4.69, 9.17) is 13.7 Å². The Bertz CT molecular complexity index is 1130. The summed E-state index contributed by atoms with van der Waals surface area (Å²) in [4.78, 5) is 12.1. The molecule has 1 aromatic heterocycles. The van der Waals surface area contributed by atoms with Gasteiger partial charge in [0.1, 0.15) is 28.2 Å². The molecule has 10 heteroatoms. The highest BCUT2D eigenvalue weighted by molar-refractivity contribution is 7.81. The third-order valence-electron chi connectivity index (χ3n) is 3.48. The zero-order chi connectivity index (χ0) is 17.6. The SMILES string of the molecule is COc1cc(O)c2c(=O)oc3cc(OS(=O)(=O)O)cc(C)c3c2c1.N. The number of aryl methyl sites for hydroxylation is 1. The summed E-state index contributed by atoms with van der Waals surface area (Å²) in [6, 6.07) is 5.36. The maximum absolute atomic E-state index is 12.1. The first-order chi connectivity index (χ1) is 11.2. The van der Waals surface area contributed by atoms with Gasteiger partial charge in [-0.3, -0.25) is 4.55 Å². The molecule has 0 radical (unpaired) electrons. The summed E-state index contributed by atoms with van der Waals surface area (Å²) in [6.07, 6.45) is 0. The average Bonchev–Trinajstić information content (AvgIpc) is 2.43. The standard InChI is InChI=1S/C15H12O8S.H3N/c1-7-3-9(23-24(18,19)20)6-12-13(7)10-4-8(21-2)5-11(16)14(10)15(17)22-12;/h3-6,16H,1-2H3,(H,18,19,20);1H3. The summed E-state index contributed by atoms with van der Waals surface area (Å²) in [6.45, 7) is 1.63. The maximum Gasteiger partial charge on any atom is 0.446 e. The number of hydrogen-bond acceptors (Lipinski definition) is 8. The third kappa shape index (κ3) is 3.36. The van der Waals surface area contributed by atoms with Gasteiger partial charge in [-0.05, 0) is 24.6 Å². The van der Waals surface area contributed by atoms with E-state index in [1.807, 2.05) is 0 Å². The Hall–Kier alpha value is -2.82. The first-order valence-electron chi connectivity index (χ1n) is 6.64. The lowest BCUT2D eigenvalue weighted by Gasteiger charge is -2.10. The molecule has 5 N–H and O–H groups in total. The van der Waals surface area contributed by atoms with Crippen LogP contribution in [0.4, 0.5) is 0 Å². The minimum atomic E-state index is -4.71. The highest BCUT2D eigenvalue weighted by Gasteiger charge is 2.17. The van der Waals surface area contributed by atoms with Gasteiger partial charge in [0.2, 0.25) is 0 Å². The normalized spacial score (nSPS) is 11.3. The van der Waals surface area contributed by atoms with Crippen LogP contribution in [-0.2, 0) is 10.4 Å². The number of methoxy groups -OCH3 is 1. The second-order valence-electron chi connectivity index (χ2n) is 5.08. The Labute approximate surface area is 141 Å². The molecule has 0 bridgehead atoms. The summed E-state index contributed by atoms with van der Waals surface area (Å²) in [5.74, 6) is -0.167. The van der Waals surface area contributed by atoms with Gasteiger partial charge >= 0.3 is 16.0 Å². The highest BCUT2D eigenvalue weighted by Crippen LogP contribution is 2.36. The quantitative estimate of drug-likeness (QED) is 0.358. The van der Waals surface area contributed by atoms with Crippen LogP contribution in [0.5, 0.6) is 17.2 Å². The van der Waals surface area contributed by atoms with Crippen LogP contribution in [0.3, 0.4) is 0 Å². The molecule has 1 heterocycles. The summed E-state index contributed by atoms with van der Waals surface area (Å²) < 4.78 is 45.1. The maximum atomic E-state index is 12.1. The molecule has 25 heavy (non-hydrogen) atoms. The van der Waals surface area contributed by atoms with Gasteiger partial charge in [-0.15, -0.1) is 0 Å². The largest absolute Gasteiger partial charge is 0.507 e. The van der Waals surface area contributed by atoms with Crippen molar-refractivity contribution in [3.8, 4) is 17.2 Å². The Morgan fingerprint density at radius 1 is 1.08 bits per heavy atom. The zero-order valence-electron chi connectivity index (χ0n) is 13.3. The number of fused-ring (bicyclic) bond motifs is 3. The summed E-state index contributed by atoms with van der Waals surface area (Å²) >= 11 is 0. The van der Waals surface area contributed by atoms with Gasteiger partial charge < -0.3 is 24.6 Å². The minimum absolute atomic E-state index is 0. The molecule has 0 aliphatic heterocycles. The lowest BCUT2D eigenvalue weighted by atomic mass is 10.0. The second kappa shape index (κ2) is 6.24. The lowest BCUT2D eigenvalue weighted by Crippen LogP contribution is -2.07. The van der Waals surface area contributed by atoms with Gasteiger partial charge in [0.05, 0.1) is 7.11 Å². The monoisotopic (exact) mass is 369 g/mol. The molecular weight excluding hydrogens is 354 g/mol. The number of aromatic hydroxyl groups is 1. The van der Waals surface area contributed by atoms with Crippen molar-refractivity contribution in [2.75, 3.05) is 7.11 Å². The van der Waals surface area contributed by atoms with Crippen molar-refractivity contribution in [2.45, 2.75) is 6.92 Å². The molecule has 0 aliphatic carbocycles. The van der Waals surface area contributed by atoms with E-state index >= 15 is 0 Å². The van der Waals surface area contributed by atoms with Crippen LogP contribution in [0, 0.1) is 6.92 Å². The molecule has 0 saturated heterocycles. The Morgan fingerprint density at radius 3 is 2.36 bits per heavy atom. The molecule has 2 aromatic carbocycles. The lowest BCUT2D eigenvalue weighted by molar-refractivity contribution is 0.386. The Morgan fingerprint density at radius 2 is 1.76 bits per heavy atom. The van der Waals surface area contributed by atoms with Crippen LogP contribution in [0.1, 0.15) is 5.56 Å². The third-order valence-corrected chi connectivity index (χ3v) is 3.88. The van der Waals surface area contributed by atoms with Crippen molar-refractivity contribution in [3.63, 3.8) is 0 Å². The van der Waals surface area contributed by atoms with Gasteiger partial charge in [0.25, 0.3) is 0 Å². The average molecular weight is 369 g/mol. The van der Waals surface area contributed by atoms with Gasteiger partial charge in [-0.2, -0.15) is 8.42 Å². The first-order valence-corrected chi connectivity index (χ1v) is 8.01. The van der Waals surface area contributed by atoms with Crippen LogP contribution < -0.4 is 20.7 Å². The van der Waals surface area contributed by atoms with E-state index in [2.05, 4.69) is 4.18 Å². The van der Waals surface area contributed by atoms with Crippen molar-refractivity contribution in [1.82, 2.24) is 6.15 Å². The molecule has 0 atom stereocenters. The molecule has 0 saturated carbocycles. The molecule has 0 aliphatic rings. The Kier molecular flexibility index (Phi) is 4.62. The zero-order valence-corrected chi connectivity index (χ0v) is 14.1. The Balaban J connectivity index is 0.00000225.